The highest BCUT2D eigenvalue weighted by atomic mass is 16.5. The van der Waals surface area contributed by atoms with E-state index in [2.05, 4.69) is 0 Å². The minimum atomic E-state index is -0.986. The van der Waals surface area contributed by atoms with Gasteiger partial charge in [-0.05, 0) is 24.0 Å². The quantitative estimate of drug-likeness (QED) is 0.798. The molecule has 0 unspecified atom stereocenters. The van der Waals surface area contributed by atoms with E-state index in [4.69, 9.17) is 4.74 Å². The zero-order valence-electron chi connectivity index (χ0n) is 13.0. The number of benzene rings is 2. The second-order valence-electron chi connectivity index (χ2n) is 5.45. The van der Waals surface area contributed by atoms with Gasteiger partial charge in [0.05, 0.1) is 18.9 Å². The number of carboxylic acid groups (broad SMARTS) is 1. The van der Waals surface area contributed by atoms with Gasteiger partial charge in [0.1, 0.15) is 0 Å². The summed E-state index contributed by atoms with van der Waals surface area (Å²) in [6.45, 7) is 0. The average Bonchev–Trinajstić information content (AvgIpc) is 2.59. The standard InChI is InChI=1S/C19H20O4/c1-23-19(22)17(13-15-10-6-3-7-11-15)16(18(20)21)12-14-8-4-2-5-9-14/h2-11,16-17H,12-13H2,1H3,(H,20,21)/t16-,17+/m0/s1. The molecule has 4 heteroatoms. The first-order valence-corrected chi connectivity index (χ1v) is 7.50. The molecule has 0 heterocycles. The smallest absolute Gasteiger partial charge is 0.309 e. The van der Waals surface area contributed by atoms with E-state index < -0.39 is 23.8 Å². The van der Waals surface area contributed by atoms with Crippen LogP contribution in [0, 0.1) is 11.8 Å². The summed E-state index contributed by atoms with van der Waals surface area (Å²) in [5.74, 6) is -3.03. The van der Waals surface area contributed by atoms with Gasteiger partial charge in [-0.15, -0.1) is 0 Å². The fraction of sp³-hybridized carbons (Fsp3) is 0.263. The second-order valence-corrected chi connectivity index (χ2v) is 5.45. The molecule has 0 radical (unpaired) electrons. The number of aliphatic carboxylic acids is 1. The van der Waals surface area contributed by atoms with Gasteiger partial charge in [-0.1, -0.05) is 60.7 Å². The van der Waals surface area contributed by atoms with Crippen LogP contribution in [0.3, 0.4) is 0 Å². The van der Waals surface area contributed by atoms with Crippen LogP contribution in [0.2, 0.25) is 0 Å². The molecule has 1 N–H and O–H groups in total. The fourth-order valence-corrected chi connectivity index (χ4v) is 2.68. The van der Waals surface area contributed by atoms with Gasteiger partial charge in [0.25, 0.3) is 0 Å². The molecule has 2 aromatic rings. The highest BCUT2D eigenvalue weighted by Gasteiger charge is 2.34. The van der Waals surface area contributed by atoms with Gasteiger partial charge in [-0.25, -0.2) is 0 Å². The maximum Gasteiger partial charge on any atom is 0.309 e. The number of hydrogen-bond acceptors (Lipinski definition) is 3. The van der Waals surface area contributed by atoms with E-state index in [9.17, 15) is 14.7 Å². The van der Waals surface area contributed by atoms with E-state index in [0.29, 0.717) is 12.8 Å². The Balaban J connectivity index is 2.26. The molecular formula is C19H20O4. The topological polar surface area (TPSA) is 63.6 Å². The first kappa shape index (κ1) is 16.7. The Labute approximate surface area is 135 Å². The minimum absolute atomic E-state index is 0.294. The molecule has 2 aromatic carbocycles. The van der Waals surface area contributed by atoms with Crippen molar-refractivity contribution in [1.29, 1.82) is 0 Å². The van der Waals surface area contributed by atoms with E-state index in [1.807, 2.05) is 60.7 Å². The van der Waals surface area contributed by atoms with Crippen LogP contribution in [0.25, 0.3) is 0 Å². The third kappa shape index (κ3) is 4.68. The number of carbonyl (C=O) groups excluding carboxylic acids is 1. The highest BCUT2D eigenvalue weighted by Crippen LogP contribution is 2.24. The van der Waals surface area contributed by atoms with Crippen LogP contribution in [-0.4, -0.2) is 24.2 Å². The fourth-order valence-electron chi connectivity index (χ4n) is 2.68. The number of hydrogen-bond donors (Lipinski definition) is 1. The van der Waals surface area contributed by atoms with Gasteiger partial charge >= 0.3 is 11.9 Å². The van der Waals surface area contributed by atoms with Crippen LogP contribution in [-0.2, 0) is 27.2 Å². The van der Waals surface area contributed by atoms with Crippen LogP contribution in [0.5, 0.6) is 0 Å². The molecule has 0 aliphatic heterocycles. The van der Waals surface area contributed by atoms with Crippen molar-refractivity contribution in [3.8, 4) is 0 Å². The number of rotatable bonds is 7. The summed E-state index contributed by atoms with van der Waals surface area (Å²) in [6, 6.07) is 18.7. The number of ether oxygens (including phenoxy) is 1. The van der Waals surface area contributed by atoms with E-state index in [-0.39, 0.29) is 0 Å². The van der Waals surface area contributed by atoms with Gasteiger partial charge in [-0.3, -0.25) is 9.59 Å². The molecule has 0 bridgehead atoms. The Morgan fingerprint density at radius 1 is 0.870 bits per heavy atom. The third-order valence-corrected chi connectivity index (χ3v) is 3.90. The summed E-state index contributed by atoms with van der Waals surface area (Å²) in [6.07, 6.45) is 0.639. The number of esters is 1. The SMILES string of the molecule is COC(=O)[C@H](Cc1ccccc1)[C@H](Cc1ccccc1)C(=O)O. The van der Waals surface area contributed by atoms with Crippen LogP contribution < -0.4 is 0 Å². The lowest BCUT2D eigenvalue weighted by molar-refractivity contribution is -0.155. The van der Waals surface area contributed by atoms with E-state index in [1.165, 1.54) is 7.11 Å². The Kier molecular flexibility index (Phi) is 5.92. The van der Waals surface area contributed by atoms with Crippen molar-refractivity contribution in [2.24, 2.45) is 11.8 Å². The molecule has 0 amide bonds. The lowest BCUT2D eigenvalue weighted by Crippen LogP contribution is -2.34. The molecule has 120 valence electrons. The van der Waals surface area contributed by atoms with Crippen molar-refractivity contribution in [2.75, 3.05) is 7.11 Å². The molecular weight excluding hydrogens is 292 g/mol. The molecule has 0 fully saturated rings. The van der Waals surface area contributed by atoms with Gasteiger partial charge in [-0.2, -0.15) is 0 Å². The normalized spacial score (nSPS) is 13.1. The Morgan fingerprint density at radius 2 is 1.30 bits per heavy atom. The summed E-state index contributed by atoms with van der Waals surface area (Å²) in [7, 11) is 1.29. The number of carbonyl (C=O) groups is 2. The van der Waals surface area contributed by atoms with Crippen molar-refractivity contribution >= 4 is 11.9 Å². The number of methoxy groups -OCH3 is 1. The predicted molar refractivity (Wildman–Crippen MR) is 86.9 cm³/mol. The van der Waals surface area contributed by atoms with E-state index in [0.717, 1.165) is 11.1 Å². The van der Waals surface area contributed by atoms with Crippen LogP contribution >= 0.6 is 0 Å². The first-order valence-electron chi connectivity index (χ1n) is 7.50. The van der Waals surface area contributed by atoms with Crippen molar-refractivity contribution in [3.63, 3.8) is 0 Å². The van der Waals surface area contributed by atoms with Gasteiger partial charge in [0.15, 0.2) is 0 Å². The van der Waals surface area contributed by atoms with E-state index >= 15 is 0 Å². The van der Waals surface area contributed by atoms with Gasteiger partial charge < -0.3 is 9.84 Å². The van der Waals surface area contributed by atoms with Crippen LogP contribution in [0.1, 0.15) is 11.1 Å². The van der Waals surface area contributed by atoms with Gasteiger partial charge in [0, 0.05) is 0 Å². The van der Waals surface area contributed by atoms with Crippen molar-refractivity contribution in [2.45, 2.75) is 12.8 Å². The minimum Gasteiger partial charge on any atom is -0.481 e. The molecule has 0 saturated carbocycles. The zero-order chi connectivity index (χ0) is 16.7. The Hall–Kier alpha value is -2.62. The molecule has 2 atom stereocenters. The summed E-state index contributed by atoms with van der Waals surface area (Å²) in [4.78, 5) is 23.9. The van der Waals surface area contributed by atoms with Crippen molar-refractivity contribution in [1.82, 2.24) is 0 Å². The maximum atomic E-state index is 12.2. The summed E-state index contributed by atoms with van der Waals surface area (Å²) >= 11 is 0. The van der Waals surface area contributed by atoms with E-state index in [1.54, 1.807) is 0 Å². The summed E-state index contributed by atoms with van der Waals surface area (Å²) in [5, 5.41) is 9.62. The Bertz CT molecular complexity index is 637. The lowest BCUT2D eigenvalue weighted by Gasteiger charge is -2.22. The molecule has 4 nitrogen and oxygen atoms in total. The first-order chi connectivity index (χ1) is 11.1. The maximum absolute atomic E-state index is 12.2. The molecule has 23 heavy (non-hydrogen) atoms. The molecule has 0 saturated heterocycles. The Morgan fingerprint density at radius 3 is 1.70 bits per heavy atom. The average molecular weight is 312 g/mol. The molecule has 0 spiro atoms. The van der Waals surface area contributed by atoms with Crippen LogP contribution in [0.4, 0.5) is 0 Å². The monoisotopic (exact) mass is 312 g/mol. The summed E-state index contributed by atoms with van der Waals surface area (Å²) < 4.78 is 4.85. The number of carboxylic acids is 1. The van der Waals surface area contributed by atoms with Crippen LogP contribution in [0.15, 0.2) is 60.7 Å². The largest absolute Gasteiger partial charge is 0.481 e. The van der Waals surface area contributed by atoms with Crippen molar-refractivity contribution in [3.05, 3.63) is 71.8 Å². The summed E-state index contributed by atoms with van der Waals surface area (Å²) in [5.41, 5.74) is 1.81. The zero-order valence-corrected chi connectivity index (χ0v) is 13.0. The third-order valence-electron chi connectivity index (χ3n) is 3.90. The predicted octanol–water partition coefficient (Wildman–Crippen LogP) is 2.96. The molecule has 0 aliphatic rings. The molecule has 0 aliphatic carbocycles. The molecule has 2 rings (SSSR count). The van der Waals surface area contributed by atoms with Gasteiger partial charge in [0.2, 0.25) is 0 Å². The molecule has 0 aromatic heterocycles. The second kappa shape index (κ2) is 8.13. The lowest BCUT2D eigenvalue weighted by atomic mass is 9.82. The highest BCUT2D eigenvalue weighted by molar-refractivity contribution is 5.81. The van der Waals surface area contributed by atoms with Crippen molar-refractivity contribution < 1.29 is 19.4 Å².